The normalized spacial score (nSPS) is 22.0. The lowest BCUT2D eigenvalue weighted by Crippen LogP contribution is -2.54. The molecule has 4 rings (SSSR count). The third-order valence-corrected chi connectivity index (χ3v) is 7.09. The predicted molar refractivity (Wildman–Crippen MR) is 148 cm³/mol. The number of aliphatic hydroxyl groups excluding tert-OH is 1. The summed E-state index contributed by atoms with van der Waals surface area (Å²) in [4.78, 5) is 50.5. The van der Waals surface area contributed by atoms with E-state index in [1.165, 1.54) is 42.3 Å². The van der Waals surface area contributed by atoms with E-state index in [9.17, 15) is 19.5 Å². The molecule has 0 spiro atoms. The van der Waals surface area contributed by atoms with Crippen LogP contribution in [0.5, 0.6) is 0 Å². The largest absolute Gasteiger partial charge is 0.465 e. The molecule has 0 amide bonds. The summed E-state index contributed by atoms with van der Waals surface area (Å²) in [5.41, 5.74) is 1.88. The van der Waals surface area contributed by atoms with Crippen LogP contribution in [-0.2, 0) is 39.7 Å². The number of hydrogen-bond donors (Lipinski definition) is 2. The Morgan fingerprint density at radius 1 is 1.16 bits per heavy atom. The van der Waals surface area contributed by atoms with Crippen molar-refractivity contribution in [2.75, 3.05) is 32.7 Å². The van der Waals surface area contributed by atoms with Crippen LogP contribution < -0.4 is 5.73 Å². The number of anilines is 1. The highest BCUT2D eigenvalue weighted by atomic mass is 35.5. The van der Waals surface area contributed by atoms with Crippen molar-refractivity contribution in [3.05, 3.63) is 47.0 Å². The molecule has 3 N–H and O–H groups in total. The number of methoxy groups -OCH3 is 1. The fraction of sp³-hybridized carbons (Fsp3) is 0.481. The van der Waals surface area contributed by atoms with Gasteiger partial charge in [-0.2, -0.15) is 9.97 Å². The van der Waals surface area contributed by atoms with Gasteiger partial charge in [-0.15, -0.1) is 0 Å². The predicted octanol–water partition coefficient (Wildman–Crippen LogP) is 1.96. The Morgan fingerprint density at radius 2 is 1.79 bits per heavy atom. The molecule has 2 aromatic heterocycles. The fourth-order valence-corrected chi connectivity index (χ4v) is 4.88. The van der Waals surface area contributed by atoms with Gasteiger partial charge in [-0.3, -0.25) is 4.57 Å². The third-order valence-electron chi connectivity index (χ3n) is 6.92. The highest BCUT2D eigenvalue weighted by Crippen LogP contribution is 2.43. The number of rotatable bonds is 11. The van der Waals surface area contributed by atoms with E-state index in [1.54, 1.807) is 13.8 Å². The molecule has 4 atom stereocenters. The first-order chi connectivity index (χ1) is 20.4. The van der Waals surface area contributed by atoms with Crippen LogP contribution in [0.1, 0.15) is 42.9 Å². The Bertz CT molecular complexity index is 1480. The zero-order valence-electron chi connectivity index (χ0n) is 23.8. The van der Waals surface area contributed by atoms with Gasteiger partial charge in [0.1, 0.15) is 17.7 Å². The lowest BCUT2D eigenvalue weighted by Gasteiger charge is -2.31. The van der Waals surface area contributed by atoms with Crippen LogP contribution in [0.2, 0.25) is 5.28 Å². The number of nitrogen functional groups attached to an aromatic ring is 1. The average Bonchev–Trinajstić information content (AvgIpc) is 3.48. The molecule has 0 bridgehead atoms. The van der Waals surface area contributed by atoms with E-state index in [2.05, 4.69) is 15.0 Å². The van der Waals surface area contributed by atoms with Gasteiger partial charge in [-0.1, -0.05) is 12.1 Å². The molecule has 0 aliphatic carbocycles. The number of imidazole rings is 1. The number of nitrogens with zero attached hydrogens (tertiary/aromatic N) is 4. The molecule has 3 aromatic rings. The van der Waals surface area contributed by atoms with E-state index in [0.29, 0.717) is 5.56 Å². The van der Waals surface area contributed by atoms with Crippen LogP contribution in [0.4, 0.5) is 10.2 Å². The van der Waals surface area contributed by atoms with Crippen molar-refractivity contribution in [1.29, 1.82) is 0 Å². The molecule has 3 heterocycles. The Morgan fingerprint density at radius 3 is 2.37 bits per heavy atom. The molecule has 16 heteroatoms. The van der Waals surface area contributed by atoms with Gasteiger partial charge in [-0.05, 0) is 50.1 Å². The van der Waals surface area contributed by atoms with Gasteiger partial charge < -0.3 is 34.5 Å². The summed E-state index contributed by atoms with van der Waals surface area (Å²) in [6, 6.07) is 5.90. The van der Waals surface area contributed by atoms with Crippen LogP contribution in [0, 0.1) is 0 Å². The van der Waals surface area contributed by atoms with Crippen molar-refractivity contribution in [2.24, 2.45) is 0 Å². The summed E-state index contributed by atoms with van der Waals surface area (Å²) in [6.07, 6.45) is -3.85. The standard InChI is InChI=1S/C27H31ClFN5O9/c1-5-40-23(37)27(24(38)41-6-2,11-14-7-9-15(10-8-14)21(36)39-4)42-12-16-18(35)26(3,29)22(43-16)34-13-31-17-19(30)32-25(28)33-20(17)34/h7-10,13,16,18,22,35H,5-6,11-12H2,1-4H3,(H2,30,32,33)/t16-,18-,22-,26-/m1/s1. The number of fused-ring (bicyclic) bond motifs is 1. The number of hydrogen-bond acceptors (Lipinski definition) is 13. The van der Waals surface area contributed by atoms with Crippen molar-refractivity contribution in [2.45, 2.75) is 56.9 Å². The Balaban J connectivity index is 1.66. The lowest BCUT2D eigenvalue weighted by molar-refractivity contribution is -0.197. The summed E-state index contributed by atoms with van der Waals surface area (Å²) in [7, 11) is 1.23. The molecule has 1 aliphatic heterocycles. The number of benzene rings is 1. The maximum Gasteiger partial charge on any atom is 0.350 e. The van der Waals surface area contributed by atoms with Crippen LogP contribution in [0.25, 0.3) is 11.2 Å². The molecule has 1 fully saturated rings. The number of ether oxygens (including phenoxy) is 5. The Hall–Kier alpha value is -3.92. The maximum atomic E-state index is 16.1. The van der Waals surface area contributed by atoms with Crippen molar-refractivity contribution in [3.8, 4) is 0 Å². The second-order valence-corrected chi connectivity index (χ2v) is 10.1. The minimum atomic E-state index is -2.44. The minimum Gasteiger partial charge on any atom is -0.465 e. The minimum absolute atomic E-state index is 0.0407. The number of alkyl halides is 1. The SMILES string of the molecule is CCOC(=O)C(Cc1ccc(C(=O)OC)cc1)(OC[C@H]1O[C@@H](n2cnc3c(N)nc(Cl)nc32)[C@](C)(F)[C@@H]1O)C(=O)OCC. The van der Waals surface area contributed by atoms with E-state index in [0.717, 1.165) is 6.92 Å². The molecule has 0 saturated carbocycles. The van der Waals surface area contributed by atoms with Gasteiger partial charge >= 0.3 is 17.9 Å². The van der Waals surface area contributed by atoms with Crippen LogP contribution in [0.3, 0.4) is 0 Å². The van der Waals surface area contributed by atoms with Crippen molar-refractivity contribution >= 4 is 46.5 Å². The summed E-state index contributed by atoms with van der Waals surface area (Å²) in [5.74, 6) is -2.76. The summed E-state index contributed by atoms with van der Waals surface area (Å²) in [5, 5.41) is 10.8. The van der Waals surface area contributed by atoms with E-state index >= 15 is 4.39 Å². The number of aliphatic hydroxyl groups is 1. The second kappa shape index (κ2) is 12.8. The van der Waals surface area contributed by atoms with Crippen molar-refractivity contribution in [1.82, 2.24) is 19.5 Å². The Kier molecular flexibility index (Phi) is 9.49. The topological polar surface area (TPSA) is 187 Å². The first-order valence-electron chi connectivity index (χ1n) is 13.2. The number of halogens is 2. The summed E-state index contributed by atoms with van der Waals surface area (Å²) in [6.45, 7) is 3.35. The third kappa shape index (κ3) is 6.11. The summed E-state index contributed by atoms with van der Waals surface area (Å²) < 4.78 is 44.1. The van der Waals surface area contributed by atoms with Gasteiger partial charge in [0.05, 0.1) is 38.8 Å². The molecule has 1 aliphatic rings. The van der Waals surface area contributed by atoms with Crippen LogP contribution in [-0.4, -0.2) is 92.9 Å². The molecule has 232 valence electrons. The summed E-state index contributed by atoms with van der Waals surface area (Å²) >= 11 is 5.94. The number of aromatic nitrogens is 4. The van der Waals surface area contributed by atoms with Gasteiger partial charge in [0.15, 0.2) is 23.4 Å². The molecule has 0 radical (unpaired) electrons. The highest BCUT2D eigenvalue weighted by molar-refractivity contribution is 6.28. The van der Waals surface area contributed by atoms with Gasteiger partial charge in [0, 0.05) is 6.42 Å². The maximum absolute atomic E-state index is 16.1. The van der Waals surface area contributed by atoms with Crippen LogP contribution in [0.15, 0.2) is 30.6 Å². The smallest absolute Gasteiger partial charge is 0.350 e. The van der Waals surface area contributed by atoms with Gasteiger partial charge in [0.25, 0.3) is 5.60 Å². The Labute approximate surface area is 250 Å². The van der Waals surface area contributed by atoms with Crippen LogP contribution >= 0.6 is 11.6 Å². The molecular weight excluding hydrogens is 593 g/mol. The molecule has 14 nitrogen and oxygen atoms in total. The second-order valence-electron chi connectivity index (χ2n) is 9.77. The molecule has 1 aromatic carbocycles. The van der Waals surface area contributed by atoms with Gasteiger partial charge in [0.2, 0.25) is 5.28 Å². The van der Waals surface area contributed by atoms with Gasteiger partial charge in [-0.25, -0.2) is 23.8 Å². The monoisotopic (exact) mass is 623 g/mol. The van der Waals surface area contributed by atoms with E-state index < -0.39 is 54.2 Å². The first-order valence-corrected chi connectivity index (χ1v) is 13.6. The number of carbonyl (C=O) groups is 3. The lowest BCUT2D eigenvalue weighted by atomic mass is 9.93. The zero-order valence-corrected chi connectivity index (χ0v) is 24.5. The van der Waals surface area contributed by atoms with E-state index in [4.69, 9.17) is 41.0 Å². The number of nitrogens with two attached hydrogens (primary N) is 1. The molecule has 43 heavy (non-hydrogen) atoms. The average molecular weight is 624 g/mol. The number of carbonyl (C=O) groups excluding carboxylic acids is 3. The van der Waals surface area contributed by atoms with Crippen molar-refractivity contribution < 1.29 is 47.6 Å². The quantitative estimate of drug-likeness (QED) is 0.137. The highest BCUT2D eigenvalue weighted by Gasteiger charge is 2.57. The fourth-order valence-electron chi connectivity index (χ4n) is 4.71. The molecule has 0 unspecified atom stereocenters. The first kappa shape index (κ1) is 32.0. The number of esters is 3. The van der Waals surface area contributed by atoms with E-state index in [-0.39, 0.29) is 47.5 Å². The zero-order chi connectivity index (χ0) is 31.5. The van der Waals surface area contributed by atoms with Crippen molar-refractivity contribution in [3.63, 3.8) is 0 Å². The van der Waals surface area contributed by atoms with E-state index in [1.807, 2.05) is 0 Å². The molecular formula is C27H31ClFN5O9. The molecule has 1 saturated heterocycles.